The van der Waals surface area contributed by atoms with Crippen LogP contribution in [0.2, 0.25) is 0 Å². The molecule has 18 heavy (non-hydrogen) atoms. The van der Waals surface area contributed by atoms with Crippen LogP contribution >= 0.6 is 0 Å². The number of aromatic nitrogens is 1. The van der Waals surface area contributed by atoms with Gasteiger partial charge >= 0.3 is 0 Å². The fourth-order valence-electron chi connectivity index (χ4n) is 2.19. The SMILES string of the molecule is CCCCNCCn1ccc2c(OC)cccc21. The van der Waals surface area contributed by atoms with Crippen molar-refractivity contribution in [2.75, 3.05) is 20.2 Å². The van der Waals surface area contributed by atoms with Gasteiger partial charge in [0.1, 0.15) is 5.75 Å². The maximum absolute atomic E-state index is 5.37. The van der Waals surface area contributed by atoms with Crippen LogP contribution in [0.15, 0.2) is 30.5 Å². The molecule has 0 atom stereocenters. The molecule has 0 unspecified atom stereocenters. The van der Waals surface area contributed by atoms with E-state index in [0.717, 1.165) is 25.4 Å². The van der Waals surface area contributed by atoms with E-state index in [4.69, 9.17) is 4.74 Å². The van der Waals surface area contributed by atoms with Crippen LogP contribution in [0, 0.1) is 0 Å². The molecule has 0 saturated heterocycles. The number of unbranched alkanes of at least 4 members (excludes halogenated alkanes) is 1. The molecule has 2 aromatic rings. The predicted octanol–water partition coefficient (Wildman–Crippen LogP) is 3.04. The molecule has 1 aromatic heterocycles. The van der Waals surface area contributed by atoms with Gasteiger partial charge in [-0.15, -0.1) is 0 Å². The molecule has 0 bridgehead atoms. The Morgan fingerprint density at radius 1 is 1.22 bits per heavy atom. The summed E-state index contributed by atoms with van der Waals surface area (Å²) in [6.07, 6.45) is 4.63. The maximum Gasteiger partial charge on any atom is 0.128 e. The molecule has 0 aliphatic carbocycles. The Morgan fingerprint density at radius 3 is 2.89 bits per heavy atom. The summed E-state index contributed by atoms with van der Waals surface area (Å²) >= 11 is 0. The van der Waals surface area contributed by atoms with Gasteiger partial charge in [0, 0.05) is 24.7 Å². The number of hydrogen-bond acceptors (Lipinski definition) is 2. The number of benzene rings is 1. The molecule has 2 rings (SSSR count). The van der Waals surface area contributed by atoms with Crippen LogP contribution in [0.25, 0.3) is 10.9 Å². The zero-order chi connectivity index (χ0) is 12.8. The second-order valence-corrected chi connectivity index (χ2v) is 4.51. The van der Waals surface area contributed by atoms with Crippen LogP contribution in [0.5, 0.6) is 5.75 Å². The molecule has 3 heteroatoms. The number of nitrogens with one attached hydrogen (secondary N) is 1. The van der Waals surface area contributed by atoms with Gasteiger partial charge in [-0.25, -0.2) is 0 Å². The van der Waals surface area contributed by atoms with Gasteiger partial charge in [-0.2, -0.15) is 0 Å². The molecule has 1 heterocycles. The maximum atomic E-state index is 5.37. The van der Waals surface area contributed by atoms with Crippen molar-refractivity contribution in [1.82, 2.24) is 9.88 Å². The van der Waals surface area contributed by atoms with Crippen LogP contribution in [-0.2, 0) is 6.54 Å². The van der Waals surface area contributed by atoms with Crippen molar-refractivity contribution < 1.29 is 4.74 Å². The largest absolute Gasteiger partial charge is 0.496 e. The lowest BCUT2D eigenvalue weighted by molar-refractivity contribution is 0.420. The summed E-state index contributed by atoms with van der Waals surface area (Å²) in [5, 5.41) is 4.65. The second kappa shape index (κ2) is 6.45. The van der Waals surface area contributed by atoms with Crippen molar-refractivity contribution in [3.05, 3.63) is 30.5 Å². The fourth-order valence-corrected chi connectivity index (χ4v) is 2.19. The van der Waals surface area contributed by atoms with E-state index in [2.05, 4.69) is 35.1 Å². The molecule has 0 spiro atoms. The minimum Gasteiger partial charge on any atom is -0.496 e. The quantitative estimate of drug-likeness (QED) is 0.760. The Hall–Kier alpha value is -1.48. The summed E-state index contributed by atoms with van der Waals surface area (Å²) in [7, 11) is 1.72. The standard InChI is InChI=1S/C15H22N2O/c1-3-4-9-16-10-12-17-11-8-13-14(17)6-5-7-15(13)18-2/h5-8,11,16H,3-4,9-10,12H2,1-2H3. The number of fused-ring (bicyclic) bond motifs is 1. The zero-order valence-corrected chi connectivity index (χ0v) is 11.3. The van der Waals surface area contributed by atoms with Gasteiger partial charge in [0.05, 0.1) is 12.6 Å². The highest BCUT2D eigenvalue weighted by molar-refractivity contribution is 5.86. The zero-order valence-electron chi connectivity index (χ0n) is 11.3. The van der Waals surface area contributed by atoms with E-state index in [0.29, 0.717) is 0 Å². The highest BCUT2D eigenvalue weighted by Crippen LogP contribution is 2.25. The van der Waals surface area contributed by atoms with Crippen LogP contribution in [0.3, 0.4) is 0 Å². The molecular weight excluding hydrogens is 224 g/mol. The van der Waals surface area contributed by atoms with Crippen molar-refractivity contribution >= 4 is 10.9 Å². The average molecular weight is 246 g/mol. The molecule has 3 nitrogen and oxygen atoms in total. The lowest BCUT2D eigenvalue weighted by atomic mass is 10.2. The first-order valence-corrected chi connectivity index (χ1v) is 6.69. The van der Waals surface area contributed by atoms with E-state index in [1.807, 2.05) is 12.1 Å². The van der Waals surface area contributed by atoms with Gasteiger partial charge in [-0.05, 0) is 31.2 Å². The Balaban J connectivity index is 2.01. The van der Waals surface area contributed by atoms with Crippen LogP contribution in [-0.4, -0.2) is 24.8 Å². The molecule has 0 radical (unpaired) electrons. The molecule has 0 aliphatic heterocycles. The average Bonchev–Trinajstić information content (AvgIpc) is 2.82. The Labute approximate surface area is 109 Å². The van der Waals surface area contributed by atoms with Gasteiger partial charge in [0.25, 0.3) is 0 Å². The van der Waals surface area contributed by atoms with Crippen molar-refractivity contribution in [2.24, 2.45) is 0 Å². The molecular formula is C15H22N2O. The first-order valence-electron chi connectivity index (χ1n) is 6.69. The molecule has 1 aromatic carbocycles. The molecule has 0 saturated carbocycles. The summed E-state index contributed by atoms with van der Waals surface area (Å²) in [5.41, 5.74) is 1.24. The van der Waals surface area contributed by atoms with E-state index in [1.54, 1.807) is 7.11 Å². The van der Waals surface area contributed by atoms with Gasteiger partial charge in [-0.1, -0.05) is 19.4 Å². The monoisotopic (exact) mass is 246 g/mol. The van der Waals surface area contributed by atoms with Gasteiger partial charge in [0.15, 0.2) is 0 Å². The summed E-state index contributed by atoms with van der Waals surface area (Å²) in [6.45, 7) is 5.34. The predicted molar refractivity (Wildman–Crippen MR) is 76.3 cm³/mol. The topological polar surface area (TPSA) is 26.2 Å². The molecule has 98 valence electrons. The number of methoxy groups -OCH3 is 1. The van der Waals surface area contributed by atoms with Crippen molar-refractivity contribution in [2.45, 2.75) is 26.3 Å². The normalized spacial score (nSPS) is 11.0. The van der Waals surface area contributed by atoms with E-state index < -0.39 is 0 Å². The fraction of sp³-hybridized carbons (Fsp3) is 0.467. The third kappa shape index (κ3) is 2.85. The van der Waals surface area contributed by atoms with Crippen LogP contribution in [0.1, 0.15) is 19.8 Å². The smallest absolute Gasteiger partial charge is 0.128 e. The highest BCUT2D eigenvalue weighted by Gasteiger charge is 2.04. The summed E-state index contributed by atoms with van der Waals surface area (Å²) in [6, 6.07) is 8.32. The number of rotatable bonds is 7. The minimum atomic E-state index is 0.949. The van der Waals surface area contributed by atoms with E-state index in [9.17, 15) is 0 Å². The van der Waals surface area contributed by atoms with Crippen LogP contribution in [0.4, 0.5) is 0 Å². The summed E-state index contributed by atoms with van der Waals surface area (Å²) in [4.78, 5) is 0. The third-order valence-corrected chi connectivity index (χ3v) is 3.23. The van der Waals surface area contributed by atoms with Crippen molar-refractivity contribution in [3.8, 4) is 5.75 Å². The molecule has 0 fully saturated rings. The highest BCUT2D eigenvalue weighted by atomic mass is 16.5. The Bertz CT molecular complexity index is 490. The Morgan fingerprint density at radius 2 is 2.11 bits per heavy atom. The van der Waals surface area contributed by atoms with E-state index in [-0.39, 0.29) is 0 Å². The second-order valence-electron chi connectivity index (χ2n) is 4.51. The van der Waals surface area contributed by atoms with Gasteiger partial charge in [0.2, 0.25) is 0 Å². The molecule has 0 amide bonds. The first-order chi connectivity index (χ1) is 8.86. The number of nitrogens with zero attached hydrogens (tertiary/aromatic N) is 1. The van der Waals surface area contributed by atoms with E-state index in [1.165, 1.54) is 23.7 Å². The molecule has 1 N–H and O–H groups in total. The molecule has 0 aliphatic rings. The third-order valence-electron chi connectivity index (χ3n) is 3.23. The van der Waals surface area contributed by atoms with Crippen molar-refractivity contribution in [3.63, 3.8) is 0 Å². The number of ether oxygens (including phenoxy) is 1. The Kier molecular flexibility index (Phi) is 4.65. The summed E-state index contributed by atoms with van der Waals surface area (Å²) in [5.74, 6) is 0.949. The number of hydrogen-bond donors (Lipinski definition) is 1. The lowest BCUT2D eigenvalue weighted by Crippen LogP contribution is -2.20. The van der Waals surface area contributed by atoms with Crippen LogP contribution < -0.4 is 10.1 Å². The lowest BCUT2D eigenvalue weighted by Gasteiger charge is -2.08. The van der Waals surface area contributed by atoms with Gasteiger partial charge < -0.3 is 14.6 Å². The minimum absolute atomic E-state index is 0.949. The first kappa shape index (κ1) is 13.0. The summed E-state index contributed by atoms with van der Waals surface area (Å²) < 4.78 is 7.64. The van der Waals surface area contributed by atoms with Crippen molar-refractivity contribution in [1.29, 1.82) is 0 Å². The van der Waals surface area contributed by atoms with Gasteiger partial charge in [-0.3, -0.25) is 0 Å². The van der Waals surface area contributed by atoms with E-state index >= 15 is 0 Å².